The number of rotatable bonds is 2. The molecule has 1 atom stereocenters. The van der Waals surface area contributed by atoms with Gasteiger partial charge in [0.15, 0.2) is 5.58 Å². The maximum atomic E-state index is 12.4. The normalized spacial score (nSPS) is 20.8. The van der Waals surface area contributed by atoms with Crippen LogP contribution in [0.4, 0.5) is 0 Å². The first kappa shape index (κ1) is 13.3. The van der Waals surface area contributed by atoms with E-state index in [9.17, 15) is 18.3 Å². The molecule has 1 fully saturated rings. The van der Waals surface area contributed by atoms with Crippen molar-refractivity contribution in [3.05, 3.63) is 28.7 Å². The van der Waals surface area contributed by atoms with Crippen LogP contribution in [0.1, 0.15) is 6.42 Å². The van der Waals surface area contributed by atoms with Gasteiger partial charge in [-0.05, 0) is 18.6 Å². The Kier molecular flexibility index (Phi) is 2.96. The molecule has 1 aliphatic heterocycles. The molecule has 0 spiro atoms. The largest absolute Gasteiger partial charge is 0.419 e. The average Bonchev–Trinajstić information content (AvgIpc) is 2.95. The molecule has 0 radical (unpaired) electrons. The summed E-state index contributed by atoms with van der Waals surface area (Å²) in [5.41, 5.74) is 0.772. The molecule has 1 N–H and O–H groups in total. The van der Waals surface area contributed by atoms with Crippen molar-refractivity contribution in [2.75, 3.05) is 13.1 Å². The number of hydrogen-bond donors (Lipinski definition) is 1. The van der Waals surface area contributed by atoms with E-state index in [-0.39, 0.29) is 17.0 Å². The summed E-state index contributed by atoms with van der Waals surface area (Å²) < 4.78 is 32.3. The van der Waals surface area contributed by atoms with Crippen LogP contribution in [0.25, 0.3) is 11.1 Å². The Morgan fingerprint density at radius 1 is 1.40 bits per heavy atom. The van der Waals surface area contributed by atoms with Crippen molar-refractivity contribution < 1.29 is 17.9 Å². The molecule has 0 aliphatic carbocycles. The number of hydrogen-bond acceptors (Lipinski definition) is 5. The first-order chi connectivity index (χ1) is 9.39. The van der Waals surface area contributed by atoms with Crippen molar-refractivity contribution in [1.82, 2.24) is 8.87 Å². The fraction of sp³-hybridized carbons (Fsp3) is 0.417. The number of aliphatic hydroxyl groups excluding tert-OH is 1. The fourth-order valence-corrected chi connectivity index (χ4v) is 3.86. The maximum absolute atomic E-state index is 12.4. The second-order valence-electron chi connectivity index (χ2n) is 4.86. The second kappa shape index (κ2) is 4.44. The number of nitrogens with zero attached hydrogens (tertiary/aromatic N) is 2. The van der Waals surface area contributed by atoms with E-state index in [4.69, 9.17) is 4.42 Å². The zero-order chi connectivity index (χ0) is 14.5. The van der Waals surface area contributed by atoms with Crippen molar-refractivity contribution in [2.24, 2.45) is 7.05 Å². The Balaban J connectivity index is 2.08. The number of benzene rings is 1. The van der Waals surface area contributed by atoms with E-state index in [0.29, 0.717) is 18.5 Å². The SMILES string of the molecule is Cn1c(=O)oc2cc(S(=O)(=O)N3CC[C@@H](O)C3)ccc21. The molecule has 8 heteroatoms. The van der Waals surface area contributed by atoms with E-state index in [2.05, 4.69) is 0 Å². The predicted octanol–water partition coefficient (Wildman–Crippen LogP) is -0.113. The summed E-state index contributed by atoms with van der Waals surface area (Å²) in [7, 11) is -2.11. The minimum atomic E-state index is -3.66. The summed E-state index contributed by atoms with van der Waals surface area (Å²) in [6.45, 7) is 0.388. The molecule has 0 saturated carbocycles. The zero-order valence-corrected chi connectivity index (χ0v) is 11.6. The zero-order valence-electron chi connectivity index (χ0n) is 10.8. The molecule has 0 amide bonds. The average molecular weight is 298 g/mol. The third-order valence-corrected chi connectivity index (χ3v) is 5.39. The van der Waals surface area contributed by atoms with Gasteiger partial charge in [-0.15, -0.1) is 0 Å². The van der Waals surface area contributed by atoms with Crippen LogP contribution < -0.4 is 5.76 Å². The Labute approximate surface area is 115 Å². The molecule has 0 bridgehead atoms. The number of β-amino-alcohol motifs (C(OH)–C–C–N with tert-alkyl or cyclic N) is 1. The van der Waals surface area contributed by atoms with Gasteiger partial charge in [-0.1, -0.05) is 0 Å². The van der Waals surface area contributed by atoms with Gasteiger partial charge in [-0.2, -0.15) is 4.31 Å². The molecule has 108 valence electrons. The lowest BCUT2D eigenvalue weighted by Gasteiger charge is -2.15. The molecule has 1 saturated heterocycles. The quantitative estimate of drug-likeness (QED) is 0.835. The Bertz CT molecular complexity index is 820. The van der Waals surface area contributed by atoms with Crippen LogP contribution in [0.3, 0.4) is 0 Å². The van der Waals surface area contributed by atoms with Crippen LogP contribution >= 0.6 is 0 Å². The van der Waals surface area contributed by atoms with Crippen LogP contribution in [0, 0.1) is 0 Å². The van der Waals surface area contributed by atoms with Crippen LogP contribution in [0.2, 0.25) is 0 Å². The highest BCUT2D eigenvalue weighted by atomic mass is 32.2. The molecular weight excluding hydrogens is 284 g/mol. The van der Waals surface area contributed by atoms with Gasteiger partial charge in [0.25, 0.3) is 0 Å². The molecule has 0 unspecified atom stereocenters. The lowest BCUT2D eigenvalue weighted by Crippen LogP contribution is -2.29. The fourth-order valence-electron chi connectivity index (χ4n) is 2.35. The molecule has 20 heavy (non-hydrogen) atoms. The van der Waals surface area contributed by atoms with Gasteiger partial charge in [-0.25, -0.2) is 13.2 Å². The van der Waals surface area contributed by atoms with Crippen molar-refractivity contribution >= 4 is 21.1 Å². The predicted molar refractivity (Wildman–Crippen MR) is 70.8 cm³/mol. The minimum absolute atomic E-state index is 0.0634. The Morgan fingerprint density at radius 3 is 2.80 bits per heavy atom. The molecule has 7 nitrogen and oxygen atoms in total. The lowest BCUT2D eigenvalue weighted by atomic mass is 10.3. The minimum Gasteiger partial charge on any atom is -0.408 e. The maximum Gasteiger partial charge on any atom is 0.419 e. The molecule has 2 heterocycles. The van der Waals surface area contributed by atoms with Crippen molar-refractivity contribution in [3.8, 4) is 0 Å². The summed E-state index contributed by atoms with van der Waals surface area (Å²) in [5, 5.41) is 9.45. The van der Waals surface area contributed by atoms with Crippen molar-refractivity contribution in [1.29, 1.82) is 0 Å². The van der Waals surface area contributed by atoms with Crippen molar-refractivity contribution in [3.63, 3.8) is 0 Å². The highest BCUT2D eigenvalue weighted by molar-refractivity contribution is 7.89. The summed E-state index contributed by atoms with van der Waals surface area (Å²) in [6, 6.07) is 4.33. The standard InChI is InChI=1S/C12H14N2O5S/c1-13-10-3-2-9(6-11(10)19-12(13)16)20(17,18)14-5-4-8(15)7-14/h2-3,6,8,15H,4-5,7H2,1H3/t8-/m1/s1. The summed E-state index contributed by atoms with van der Waals surface area (Å²) in [6.07, 6.45) is -0.190. The summed E-state index contributed by atoms with van der Waals surface area (Å²) >= 11 is 0. The molecule has 1 aromatic heterocycles. The molecule has 1 aromatic carbocycles. The number of aryl methyl sites for hydroxylation is 1. The number of oxazole rings is 1. The van der Waals surface area contributed by atoms with Crippen LogP contribution in [0.5, 0.6) is 0 Å². The van der Waals surface area contributed by atoms with E-state index in [0.717, 1.165) is 0 Å². The van der Waals surface area contributed by atoms with E-state index in [1.165, 1.54) is 21.0 Å². The number of aromatic nitrogens is 1. The highest BCUT2D eigenvalue weighted by Crippen LogP contribution is 2.24. The molecule has 3 rings (SSSR count). The van der Waals surface area contributed by atoms with Crippen molar-refractivity contribution in [2.45, 2.75) is 17.4 Å². The first-order valence-corrected chi connectivity index (χ1v) is 7.61. The van der Waals surface area contributed by atoms with Crippen LogP contribution in [-0.2, 0) is 17.1 Å². The van der Waals surface area contributed by atoms with Gasteiger partial charge in [0.2, 0.25) is 10.0 Å². The van der Waals surface area contributed by atoms with E-state index < -0.39 is 21.9 Å². The van der Waals surface area contributed by atoms with Crippen LogP contribution in [-0.4, -0.2) is 41.6 Å². The van der Waals surface area contributed by atoms with Gasteiger partial charge >= 0.3 is 5.76 Å². The monoisotopic (exact) mass is 298 g/mol. The second-order valence-corrected chi connectivity index (χ2v) is 6.80. The Morgan fingerprint density at radius 2 is 2.15 bits per heavy atom. The molecule has 2 aromatic rings. The smallest absolute Gasteiger partial charge is 0.408 e. The van der Waals surface area contributed by atoms with Gasteiger partial charge in [0, 0.05) is 26.2 Å². The van der Waals surface area contributed by atoms with E-state index >= 15 is 0 Å². The first-order valence-electron chi connectivity index (χ1n) is 6.17. The number of sulfonamides is 1. The van der Waals surface area contributed by atoms with Gasteiger partial charge in [0.1, 0.15) is 0 Å². The van der Waals surface area contributed by atoms with E-state index in [1.54, 1.807) is 13.1 Å². The van der Waals surface area contributed by atoms with E-state index in [1.807, 2.05) is 0 Å². The molecular formula is C12H14N2O5S. The summed E-state index contributed by atoms with van der Waals surface area (Å²) in [5.74, 6) is -0.536. The number of fused-ring (bicyclic) bond motifs is 1. The van der Waals surface area contributed by atoms with Crippen LogP contribution in [0.15, 0.2) is 32.3 Å². The third kappa shape index (κ3) is 1.96. The summed E-state index contributed by atoms with van der Waals surface area (Å²) in [4.78, 5) is 11.5. The Hall–Kier alpha value is -1.64. The van der Waals surface area contributed by atoms with Gasteiger partial charge in [0.05, 0.1) is 16.5 Å². The van der Waals surface area contributed by atoms with Gasteiger partial charge < -0.3 is 9.52 Å². The highest BCUT2D eigenvalue weighted by Gasteiger charge is 2.32. The number of aliphatic hydroxyl groups is 1. The molecule has 1 aliphatic rings. The van der Waals surface area contributed by atoms with Gasteiger partial charge in [-0.3, -0.25) is 4.57 Å². The lowest BCUT2D eigenvalue weighted by molar-refractivity contribution is 0.189. The third-order valence-electron chi connectivity index (χ3n) is 3.53. The topological polar surface area (TPSA) is 92.8 Å².